The number of aryl methyl sites for hydroxylation is 1. The lowest BCUT2D eigenvalue weighted by Crippen LogP contribution is -2.00. The van der Waals surface area contributed by atoms with Gasteiger partial charge in [0.15, 0.2) is 11.6 Å². The summed E-state index contributed by atoms with van der Waals surface area (Å²) < 4.78 is 19.5. The Balaban J connectivity index is 2.40. The topological polar surface area (TPSA) is 46.5 Å². The first-order chi connectivity index (χ1) is 11.1. The van der Waals surface area contributed by atoms with Crippen LogP contribution in [0.4, 0.5) is 4.39 Å². The zero-order valence-corrected chi connectivity index (χ0v) is 13.4. The van der Waals surface area contributed by atoms with Crippen molar-refractivity contribution in [2.24, 2.45) is 0 Å². The predicted molar refractivity (Wildman–Crippen MR) is 88.6 cm³/mol. The molecule has 4 heteroatoms. The summed E-state index contributed by atoms with van der Waals surface area (Å²) in [6, 6.07) is 9.84. The number of halogens is 1. The Kier molecular flexibility index (Phi) is 5.74. The van der Waals surface area contributed by atoms with Crippen molar-refractivity contribution in [2.45, 2.75) is 33.1 Å². The molecule has 1 N–H and O–H groups in total. The van der Waals surface area contributed by atoms with Gasteiger partial charge in [-0.3, -0.25) is 0 Å². The molecular weight excluding hydrogens is 295 g/mol. The summed E-state index contributed by atoms with van der Waals surface area (Å²) in [4.78, 5) is 11.1. The number of rotatable bonds is 7. The molecule has 0 unspecified atom stereocenters. The molecule has 3 nitrogen and oxygen atoms in total. The summed E-state index contributed by atoms with van der Waals surface area (Å²) in [5, 5.41) is 9.13. The highest BCUT2D eigenvalue weighted by atomic mass is 19.1. The number of hydrogen-bond acceptors (Lipinski definition) is 2. The minimum absolute atomic E-state index is 0.245. The van der Waals surface area contributed by atoms with Crippen LogP contribution >= 0.6 is 0 Å². The van der Waals surface area contributed by atoms with Crippen LogP contribution in [0.15, 0.2) is 36.4 Å². The second-order valence-corrected chi connectivity index (χ2v) is 5.42. The van der Waals surface area contributed by atoms with Gasteiger partial charge in [-0.05, 0) is 53.8 Å². The maximum atomic E-state index is 14.2. The zero-order chi connectivity index (χ0) is 16.8. The molecule has 0 spiro atoms. The summed E-state index contributed by atoms with van der Waals surface area (Å²) in [7, 11) is 0. The quantitative estimate of drug-likeness (QED) is 0.787. The molecule has 0 heterocycles. The molecule has 0 atom stereocenters. The number of hydrogen-bond donors (Lipinski definition) is 1. The van der Waals surface area contributed by atoms with Gasteiger partial charge in [-0.2, -0.15) is 0 Å². The van der Waals surface area contributed by atoms with E-state index in [-0.39, 0.29) is 11.3 Å². The van der Waals surface area contributed by atoms with Crippen LogP contribution in [-0.4, -0.2) is 17.7 Å². The maximum Gasteiger partial charge on any atom is 0.335 e. The van der Waals surface area contributed by atoms with E-state index in [1.165, 1.54) is 6.07 Å². The molecule has 23 heavy (non-hydrogen) atoms. The van der Waals surface area contributed by atoms with Gasteiger partial charge in [-0.15, -0.1) is 0 Å². The predicted octanol–water partition coefficient (Wildman–Crippen LogP) is 4.93. The van der Waals surface area contributed by atoms with Crippen molar-refractivity contribution in [1.29, 1.82) is 0 Å². The first-order valence-corrected chi connectivity index (χ1v) is 7.85. The van der Waals surface area contributed by atoms with Gasteiger partial charge < -0.3 is 9.84 Å². The monoisotopic (exact) mass is 316 g/mol. The van der Waals surface area contributed by atoms with Gasteiger partial charge in [-0.25, -0.2) is 9.18 Å². The SMILES string of the molecule is CCCOc1ccc(-c2ccc(C(=O)O)cc2CCC)cc1F. The number of aromatic carboxylic acids is 1. The normalized spacial score (nSPS) is 10.6. The van der Waals surface area contributed by atoms with Crippen LogP contribution in [0.3, 0.4) is 0 Å². The third-order valence-electron chi connectivity index (χ3n) is 3.58. The van der Waals surface area contributed by atoms with Gasteiger partial charge >= 0.3 is 5.97 Å². The highest BCUT2D eigenvalue weighted by Crippen LogP contribution is 2.29. The van der Waals surface area contributed by atoms with E-state index in [2.05, 4.69) is 0 Å². The number of carboxylic acids is 1. The molecule has 0 radical (unpaired) electrons. The maximum absolute atomic E-state index is 14.2. The van der Waals surface area contributed by atoms with Crippen molar-refractivity contribution < 1.29 is 19.0 Å². The molecule has 0 aliphatic rings. The number of carboxylic acid groups (broad SMARTS) is 1. The molecule has 2 aromatic rings. The van der Waals surface area contributed by atoms with E-state index in [1.807, 2.05) is 19.9 Å². The molecular formula is C19H21FO3. The van der Waals surface area contributed by atoms with E-state index >= 15 is 0 Å². The third kappa shape index (κ3) is 4.09. The fraction of sp³-hybridized carbons (Fsp3) is 0.316. The van der Waals surface area contributed by atoms with Gasteiger partial charge in [0.05, 0.1) is 12.2 Å². The second kappa shape index (κ2) is 7.77. The molecule has 0 aliphatic carbocycles. The lowest BCUT2D eigenvalue weighted by atomic mass is 9.94. The van der Waals surface area contributed by atoms with E-state index in [0.29, 0.717) is 6.61 Å². The fourth-order valence-corrected chi connectivity index (χ4v) is 2.48. The van der Waals surface area contributed by atoms with Crippen LogP contribution in [-0.2, 0) is 6.42 Å². The van der Waals surface area contributed by atoms with Gasteiger partial charge in [0, 0.05) is 0 Å². The molecule has 0 saturated heterocycles. The van der Waals surface area contributed by atoms with Crippen molar-refractivity contribution in [3.05, 3.63) is 53.3 Å². The Morgan fingerprint density at radius 2 is 1.91 bits per heavy atom. The Morgan fingerprint density at radius 1 is 1.13 bits per heavy atom. The summed E-state index contributed by atoms with van der Waals surface area (Å²) in [5.74, 6) is -1.11. The molecule has 0 amide bonds. The molecule has 122 valence electrons. The lowest BCUT2D eigenvalue weighted by Gasteiger charge is -2.12. The van der Waals surface area contributed by atoms with Crippen LogP contribution in [0, 0.1) is 5.82 Å². The molecule has 2 aromatic carbocycles. The van der Waals surface area contributed by atoms with E-state index in [9.17, 15) is 9.18 Å². The highest BCUT2D eigenvalue weighted by molar-refractivity contribution is 5.89. The number of ether oxygens (including phenoxy) is 1. The van der Waals surface area contributed by atoms with Gasteiger partial charge in [-0.1, -0.05) is 32.4 Å². The van der Waals surface area contributed by atoms with Crippen molar-refractivity contribution in [2.75, 3.05) is 6.61 Å². The summed E-state index contributed by atoms with van der Waals surface area (Å²) in [5.41, 5.74) is 2.75. The minimum atomic E-state index is -0.955. The summed E-state index contributed by atoms with van der Waals surface area (Å²) in [6.07, 6.45) is 2.45. The van der Waals surface area contributed by atoms with Crippen LogP contribution in [0.1, 0.15) is 42.6 Å². The van der Waals surface area contributed by atoms with E-state index < -0.39 is 11.8 Å². The smallest absolute Gasteiger partial charge is 0.335 e. The Bertz CT molecular complexity index is 695. The summed E-state index contributed by atoms with van der Waals surface area (Å²) in [6.45, 7) is 4.47. The standard InChI is InChI=1S/C19H21FO3/c1-3-5-13-11-15(19(21)22)6-8-16(13)14-7-9-18(17(20)12-14)23-10-4-2/h6-9,11-12H,3-5,10H2,1-2H3,(H,21,22). The second-order valence-electron chi connectivity index (χ2n) is 5.42. The molecule has 0 aliphatic heterocycles. The lowest BCUT2D eigenvalue weighted by molar-refractivity contribution is 0.0697. The molecule has 0 fully saturated rings. The average Bonchev–Trinajstić information content (AvgIpc) is 2.54. The molecule has 2 rings (SSSR count). The molecule has 0 saturated carbocycles. The average molecular weight is 316 g/mol. The van der Waals surface area contributed by atoms with E-state index in [0.717, 1.165) is 36.0 Å². The van der Waals surface area contributed by atoms with Crippen molar-refractivity contribution in [1.82, 2.24) is 0 Å². The molecule has 0 aromatic heterocycles. The first kappa shape index (κ1) is 17.0. The van der Waals surface area contributed by atoms with E-state index in [1.54, 1.807) is 24.3 Å². The largest absolute Gasteiger partial charge is 0.491 e. The van der Waals surface area contributed by atoms with Crippen molar-refractivity contribution in [3.63, 3.8) is 0 Å². The Morgan fingerprint density at radius 3 is 2.52 bits per heavy atom. The van der Waals surface area contributed by atoms with Crippen molar-refractivity contribution in [3.8, 4) is 16.9 Å². The van der Waals surface area contributed by atoms with Crippen LogP contribution in [0.25, 0.3) is 11.1 Å². The minimum Gasteiger partial charge on any atom is -0.491 e. The van der Waals surface area contributed by atoms with Crippen LogP contribution < -0.4 is 4.74 Å². The Hall–Kier alpha value is -2.36. The van der Waals surface area contributed by atoms with Gasteiger partial charge in [0.1, 0.15) is 0 Å². The highest BCUT2D eigenvalue weighted by Gasteiger charge is 2.12. The van der Waals surface area contributed by atoms with Crippen molar-refractivity contribution >= 4 is 5.97 Å². The van der Waals surface area contributed by atoms with E-state index in [4.69, 9.17) is 9.84 Å². The zero-order valence-electron chi connectivity index (χ0n) is 13.4. The third-order valence-corrected chi connectivity index (χ3v) is 3.58. The fourth-order valence-electron chi connectivity index (χ4n) is 2.48. The van der Waals surface area contributed by atoms with Gasteiger partial charge in [0.2, 0.25) is 0 Å². The number of benzene rings is 2. The first-order valence-electron chi connectivity index (χ1n) is 7.85. The van der Waals surface area contributed by atoms with Crippen LogP contribution in [0.5, 0.6) is 5.75 Å². The summed E-state index contributed by atoms with van der Waals surface area (Å²) >= 11 is 0. The Labute approximate surface area is 135 Å². The number of carbonyl (C=O) groups is 1. The van der Waals surface area contributed by atoms with Crippen LogP contribution in [0.2, 0.25) is 0 Å². The van der Waals surface area contributed by atoms with Gasteiger partial charge in [0.25, 0.3) is 0 Å². The molecule has 0 bridgehead atoms.